The van der Waals surface area contributed by atoms with Gasteiger partial charge in [0, 0.05) is 17.7 Å². The van der Waals surface area contributed by atoms with E-state index in [4.69, 9.17) is 5.73 Å². The third-order valence-corrected chi connectivity index (χ3v) is 2.78. The van der Waals surface area contributed by atoms with Gasteiger partial charge in [0.25, 0.3) is 5.91 Å². The fourth-order valence-electron chi connectivity index (χ4n) is 1.70. The van der Waals surface area contributed by atoms with E-state index < -0.39 is 5.91 Å². The Morgan fingerprint density at radius 2 is 1.70 bits per heavy atom. The molecule has 2 aromatic rings. The Morgan fingerprint density at radius 3 is 2.35 bits per heavy atom. The minimum absolute atomic E-state index is 0.277. The maximum absolute atomic E-state index is 12.7. The molecule has 0 atom stereocenters. The second-order valence-corrected chi connectivity index (χ2v) is 4.25. The fraction of sp³-hybridized carbons (Fsp3) is 0.0667. The smallest absolute Gasteiger partial charge is 0.251 e. The maximum atomic E-state index is 12.7. The SMILES string of the molecule is NC(=O)c1cccc(C(=O)NCc2ccc(F)cc2)c1. The lowest BCUT2D eigenvalue weighted by Gasteiger charge is -2.06. The summed E-state index contributed by atoms with van der Waals surface area (Å²) in [4.78, 5) is 23.0. The van der Waals surface area contributed by atoms with E-state index in [2.05, 4.69) is 5.32 Å². The summed E-state index contributed by atoms with van der Waals surface area (Å²) < 4.78 is 12.7. The molecule has 0 unspecified atom stereocenters. The van der Waals surface area contributed by atoms with Crippen LogP contribution in [0.5, 0.6) is 0 Å². The highest BCUT2D eigenvalue weighted by Crippen LogP contribution is 2.06. The molecule has 5 heteroatoms. The van der Waals surface area contributed by atoms with Gasteiger partial charge < -0.3 is 11.1 Å². The Morgan fingerprint density at radius 1 is 1.05 bits per heavy atom. The Bertz CT molecular complexity index is 639. The number of benzene rings is 2. The van der Waals surface area contributed by atoms with Crippen LogP contribution in [0, 0.1) is 5.82 Å². The summed E-state index contributed by atoms with van der Waals surface area (Å²) in [6.45, 7) is 0.278. The molecule has 0 bridgehead atoms. The Hall–Kier alpha value is -2.69. The van der Waals surface area contributed by atoms with Crippen molar-refractivity contribution in [2.75, 3.05) is 0 Å². The molecule has 0 saturated heterocycles. The highest BCUT2D eigenvalue weighted by Gasteiger charge is 2.08. The zero-order valence-electron chi connectivity index (χ0n) is 10.6. The molecule has 0 aliphatic carbocycles. The van der Waals surface area contributed by atoms with E-state index in [1.165, 1.54) is 18.2 Å². The van der Waals surface area contributed by atoms with E-state index in [-0.39, 0.29) is 23.8 Å². The van der Waals surface area contributed by atoms with E-state index in [0.29, 0.717) is 5.56 Å². The summed E-state index contributed by atoms with van der Waals surface area (Å²) in [5.41, 5.74) is 6.57. The molecule has 0 aliphatic heterocycles. The van der Waals surface area contributed by atoms with Gasteiger partial charge in [0.2, 0.25) is 5.91 Å². The van der Waals surface area contributed by atoms with Gasteiger partial charge in [-0.1, -0.05) is 18.2 Å². The van der Waals surface area contributed by atoms with E-state index in [9.17, 15) is 14.0 Å². The molecule has 0 spiro atoms. The lowest BCUT2D eigenvalue weighted by molar-refractivity contribution is 0.0951. The van der Waals surface area contributed by atoms with Gasteiger partial charge in [0.05, 0.1) is 0 Å². The monoisotopic (exact) mass is 272 g/mol. The molecule has 3 N–H and O–H groups in total. The number of nitrogens with one attached hydrogen (secondary N) is 1. The Balaban J connectivity index is 2.03. The van der Waals surface area contributed by atoms with Gasteiger partial charge in [0.15, 0.2) is 0 Å². The topological polar surface area (TPSA) is 72.2 Å². The van der Waals surface area contributed by atoms with E-state index >= 15 is 0 Å². The van der Waals surface area contributed by atoms with Crippen LogP contribution in [0.2, 0.25) is 0 Å². The van der Waals surface area contributed by atoms with Crippen LogP contribution in [0.3, 0.4) is 0 Å². The summed E-state index contributed by atoms with van der Waals surface area (Å²) in [5, 5.41) is 2.69. The normalized spacial score (nSPS) is 10.1. The summed E-state index contributed by atoms with van der Waals surface area (Å²) >= 11 is 0. The second-order valence-electron chi connectivity index (χ2n) is 4.25. The van der Waals surface area contributed by atoms with E-state index in [0.717, 1.165) is 5.56 Å². The highest BCUT2D eigenvalue weighted by atomic mass is 19.1. The van der Waals surface area contributed by atoms with Gasteiger partial charge in [-0.3, -0.25) is 9.59 Å². The molecular weight excluding hydrogens is 259 g/mol. The number of carbonyl (C=O) groups excluding carboxylic acids is 2. The van der Waals surface area contributed by atoms with E-state index in [1.54, 1.807) is 30.3 Å². The summed E-state index contributed by atoms with van der Waals surface area (Å²) in [6.07, 6.45) is 0. The Kier molecular flexibility index (Phi) is 4.10. The summed E-state index contributed by atoms with van der Waals surface area (Å²) in [7, 11) is 0. The summed E-state index contributed by atoms with van der Waals surface area (Å²) in [6, 6.07) is 12.0. The van der Waals surface area contributed by atoms with Crippen LogP contribution in [-0.4, -0.2) is 11.8 Å². The molecule has 2 aromatic carbocycles. The number of nitrogens with two attached hydrogens (primary N) is 1. The van der Waals surface area contributed by atoms with Gasteiger partial charge in [-0.2, -0.15) is 0 Å². The molecule has 0 heterocycles. The number of rotatable bonds is 4. The Labute approximate surface area is 115 Å². The van der Waals surface area contributed by atoms with Crippen molar-refractivity contribution in [2.24, 2.45) is 5.73 Å². The van der Waals surface area contributed by atoms with Crippen LogP contribution in [-0.2, 0) is 6.54 Å². The van der Waals surface area contributed by atoms with Gasteiger partial charge in [-0.15, -0.1) is 0 Å². The molecule has 2 amide bonds. The van der Waals surface area contributed by atoms with Crippen LogP contribution in [0.15, 0.2) is 48.5 Å². The first-order valence-electron chi connectivity index (χ1n) is 5.99. The number of carbonyl (C=O) groups is 2. The standard InChI is InChI=1S/C15H13FN2O2/c16-13-6-4-10(5-7-13)9-18-15(20)12-3-1-2-11(8-12)14(17)19/h1-8H,9H2,(H2,17,19)(H,18,20). The van der Waals surface area contributed by atoms with Crippen LogP contribution < -0.4 is 11.1 Å². The molecule has 102 valence electrons. The van der Waals surface area contributed by atoms with Crippen molar-refractivity contribution in [3.05, 3.63) is 71.0 Å². The molecule has 0 saturated carbocycles. The van der Waals surface area contributed by atoms with Crippen molar-refractivity contribution in [1.82, 2.24) is 5.32 Å². The predicted octanol–water partition coefficient (Wildman–Crippen LogP) is 1.85. The maximum Gasteiger partial charge on any atom is 0.251 e. The van der Waals surface area contributed by atoms with Crippen molar-refractivity contribution >= 4 is 11.8 Å². The van der Waals surface area contributed by atoms with Crippen LogP contribution in [0.1, 0.15) is 26.3 Å². The van der Waals surface area contributed by atoms with Gasteiger partial charge in [-0.25, -0.2) is 4.39 Å². The average Bonchev–Trinajstić information content (AvgIpc) is 2.46. The molecule has 0 radical (unpaired) electrons. The molecule has 4 nitrogen and oxygen atoms in total. The lowest BCUT2D eigenvalue weighted by atomic mass is 10.1. The predicted molar refractivity (Wildman–Crippen MR) is 72.5 cm³/mol. The van der Waals surface area contributed by atoms with Crippen LogP contribution in [0.4, 0.5) is 4.39 Å². The first-order valence-corrected chi connectivity index (χ1v) is 5.99. The third-order valence-electron chi connectivity index (χ3n) is 2.78. The quantitative estimate of drug-likeness (QED) is 0.891. The number of halogens is 1. The molecule has 0 aromatic heterocycles. The molecule has 0 aliphatic rings. The number of hydrogen-bond acceptors (Lipinski definition) is 2. The number of hydrogen-bond donors (Lipinski definition) is 2. The minimum Gasteiger partial charge on any atom is -0.366 e. The largest absolute Gasteiger partial charge is 0.366 e. The van der Waals surface area contributed by atoms with Crippen molar-refractivity contribution in [3.63, 3.8) is 0 Å². The molecular formula is C15H13FN2O2. The van der Waals surface area contributed by atoms with Crippen LogP contribution in [0.25, 0.3) is 0 Å². The number of primary amides is 1. The first-order chi connectivity index (χ1) is 9.56. The highest BCUT2D eigenvalue weighted by molar-refractivity contribution is 5.99. The second kappa shape index (κ2) is 5.97. The number of amides is 2. The molecule has 0 fully saturated rings. The van der Waals surface area contributed by atoms with Crippen LogP contribution >= 0.6 is 0 Å². The van der Waals surface area contributed by atoms with Gasteiger partial charge in [0.1, 0.15) is 5.82 Å². The van der Waals surface area contributed by atoms with Gasteiger partial charge in [-0.05, 0) is 35.9 Å². The minimum atomic E-state index is -0.585. The van der Waals surface area contributed by atoms with Crippen molar-refractivity contribution in [3.8, 4) is 0 Å². The zero-order chi connectivity index (χ0) is 14.5. The van der Waals surface area contributed by atoms with Crippen molar-refractivity contribution in [2.45, 2.75) is 6.54 Å². The average molecular weight is 272 g/mol. The fourth-order valence-corrected chi connectivity index (χ4v) is 1.70. The molecule has 20 heavy (non-hydrogen) atoms. The third kappa shape index (κ3) is 3.41. The zero-order valence-corrected chi connectivity index (χ0v) is 10.6. The van der Waals surface area contributed by atoms with E-state index in [1.807, 2.05) is 0 Å². The van der Waals surface area contributed by atoms with Crippen molar-refractivity contribution < 1.29 is 14.0 Å². The van der Waals surface area contributed by atoms with Gasteiger partial charge >= 0.3 is 0 Å². The molecule has 2 rings (SSSR count). The lowest BCUT2D eigenvalue weighted by Crippen LogP contribution is -2.23. The summed E-state index contributed by atoms with van der Waals surface area (Å²) in [5.74, 6) is -1.23. The van der Waals surface area contributed by atoms with Crippen molar-refractivity contribution in [1.29, 1.82) is 0 Å². The first kappa shape index (κ1) is 13.7.